The van der Waals surface area contributed by atoms with Gasteiger partial charge >= 0.3 is 0 Å². The zero-order valence-corrected chi connectivity index (χ0v) is 10.5. The van der Waals surface area contributed by atoms with Gasteiger partial charge in [-0.3, -0.25) is 0 Å². The van der Waals surface area contributed by atoms with Gasteiger partial charge in [-0.15, -0.1) is 11.6 Å². The Morgan fingerprint density at radius 3 is 2.81 bits per heavy atom. The van der Waals surface area contributed by atoms with Crippen molar-refractivity contribution in [3.8, 4) is 0 Å². The Morgan fingerprint density at radius 2 is 2.12 bits per heavy atom. The maximum Gasteiger partial charge on any atom is 0.251 e. The van der Waals surface area contributed by atoms with Crippen LogP contribution in [0.3, 0.4) is 0 Å². The van der Waals surface area contributed by atoms with Crippen LogP contribution in [0.5, 0.6) is 0 Å². The summed E-state index contributed by atoms with van der Waals surface area (Å²) in [6.07, 6.45) is 5.38. The predicted octanol–water partition coefficient (Wildman–Crippen LogP) is 2.82. The summed E-state index contributed by atoms with van der Waals surface area (Å²) in [5, 5.41) is 13.0. The van der Waals surface area contributed by atoms with Gasteiger partial charge in [-0.05, 0) is 37.2 Å². The van der Waals surface area contributed by atoms with E-state index < -0.39 is 0 Å². The van der Waals surface area contributed by atoms with Crippen molar-refractivity contribution in [2.45, 2.75) is 34.9 Å². The highest BCUT2D eigenvalue weighted by molar-refractivity contribution is 7.99. The molecule has 2 fully saturated rings. The van der Waals surface area contributed by atoms with E-state index in [0.29, 0.717) is 11.2 Å². The number of pyridine rings is 1. The summed E-state index contributed by atoms with van der Waals surface area (Å²) in [6, 6.07) is 5.55. The van der Waals surface area contributed by atoms with E-state index in [1.165, 1.54) is 19.3 Å². The van der Waals surface area contributed by atoms with Gasteiger partial charge in [-0.2, -0.15) is 4.73 Å². The first kappa shape index (κ1) is 10.7. The number of fused-ring (bicyclic) bond motifs is 2. The summed E-state index contributed by atoms with van der Waals surface area (Å²) in [7, 11) is 0. The molecular formula is C12H14ClNOS. The van der Waals surface area contributed by atoms with E-state index in [0.717, 1.165) is 15.7 Å². The summed E-state index contributed by atoms with van der Waals surface area (Å²) in [5.41, 5.74) is 0. The van der Waals surface area contributed by atoms with E-state index in [2.05, 4.69) is 0 Å². The van der Waals surface area contributed by atoms with E-state index in [9.17, 15) is 5.21 Å². The molecule has 0 spiro atoms. The molecule has 1 heterocycles. The van der Waals surface area contributed by atoms with Crippen LogP contribution in [0.15, 0.2) is 29.4 Å². The zero-order valence-electron chi connectivity index (χ0n) is 8.88. The number of alkyl halides is 1. The minimum atomic E-state index is 0.254. The molecule has 1 aromatic rings. The third-order valence-electron chi connectivity index (χ3n) is 3.79. The van der Waals surface area contributed by atoms with E-state index >= 15 is 0 Å². The highest BCUT2D eigenvalue weighted by Crippen LogP contribution is 2.52. The number of aromatic nitrogens is 1. The molecule has 2 aliphatic rings. The average Bonchev–Trinajstić information content (AvgIpc) is 2.85. The molecule has 0 aromatic carbocycles. The SMILES string of the molecule is [O-][n+]1ccccc1S[C@@H]1[C@H]2CC[C@@H](C2)[C@H]1Cl. The molecule has 4 heteroatoms. The molecule has 86 valence electrons. The lowest BCUT2D eigenvalue weighted by Gasteiger charge is -2.24. The van der Waals surface area contributed by atoms with E-state index in [1.807, 2.05) is 12.1 Å². The van der Waals surface area contributed by atoms with Crippen LogP contribution in [0.1, 0.15) is 19.3 Å². The van der Waals surface area contributed by atoms with Crippen molar-refractivity contribution in [3.63, 3.8) is 0 Å². The van der Waals surface area contributed by atoms with E-state index in [-0.39, 0.29) is 5.38 Å². The van der Waals surface area contributed by atoms with Gasteiger partial charge in [0.2, 0.25) is 0 Å². The smallest absolute Gasteiger partial charge is 0.251 e. The van der Waals surface area contributed by atoms with Gasteiger partial charge in [-0.25, -0.2) is 0 Å². The maximum absolute atomic E-state index is 11.6. The Kier molecular flexibility index (Phi) is 2.76. The van der Waals surface area contributed by atoms with Crippen molar-refractivity contribution >= 4 is 23.4 Å². The van der Waals surface area contributed by atoms with Gasteiger partial charge in [0.25, 0.3) is 5.03 Å². The molecule has 2 nitrogen and oxygen atoms in total. The molecule has 0 unspecified atom stereocenters. The van der Waals surface area contributed by atoms with Crippen LogP contribution in [0.25, 0.3) is 0 Å². The highest BCUT2D eigenvalue weighted by Gasteiger charge is 2.47. The van der Waals surface area contributed by atoms with Crippen LogP contribution in [-0.4, -0.2) is 10.6 Å². The van der Waals surface area contributed by atoms with Crippen molar-refractivity contribution in [3.05, 3.63) is 29.6 Å². The number of hydrogen-bond acceptors (Lipinski definition) is 2. The Hall–Kier alpha value is -0.410. The fourth-order valence-electron chi connectivity index (χ4n) is 2.97. The van der Waals surface area contributed by atoms with Crippen LogP contribution >= 0.6 is 23.4 Å². The molecule has 2 saturated carbocycles. The summed E-state index contributed by atoms with van der Waals surface area (Å²) >= 11 is 8.11. The van der Waals surface area contributed by atoms with Crippen molar-refractivity contribution in [1.29, 1.82) is 0 Å². The molecule has 16 heavy (non-hydrogen) atoms. The van der Waals surface area contributed by atoms with Crippen molar-refractivity contribution in [2.75, 3.05) is 0 Å². The molecule has 3 rings (SSSR count). The van der Waals surface area contributed by atoms with Gasteiger partial charge in [0.1, 0.15) is 0 Å². The van der Waals surface area contributed by atoms with Gasteiger partial charge in [0.05, 0.1) is 0 Å². The lowest BCUT2D eigenvalue weighted by atomic mass is 10.00. The first-order valence-electron chi connectivity index (χ1n) is 5.74. The first-order chi connectivity index (χ1) is 7.75. The molecule has 2 bridgehead atoms. The van der Waals surface area contributed by atoms with Crippen LogP contribution in [0.2, 0.25) is 0 Å². The van der Waals surface area contributed by atoms with Crippen LogP contribution in [-0.2, 0) is 0 Å². The highest BCUT2D eigenvalue weighted by atomic mass is 35.5. The Balaban J connectivity index is 1.78. The number of rotatable bonds is 2. The van der Waals surface area contributed by atoms with Crippen molar-refractivity contribution < 1.29 is 4.73 Å². The summed E-state index contributed by atoms with van der Waals surface area (Å²) in [5.74, 6) is 1.41. The first-order valence-corrected chi connectivity index (χ1v) is 7.06. The third-order valence-corrected chi connectivity index (χ3v) is 6.07. The minimum absolute atomic E-state index is 0.254. The van der Waals surface area contributed by atoms with Crippen molar-refractivity contribution in [1.82, 2.24) is 0 Å². The predicted molar refractivity (Wildman–Crippen MR) is 65.5 cm³/mol. The summed E-state index contributed by atoms with van der Waals surface area (Å²) < 4.78 is 0.945. The minimum Gasteiger partial charge on any atom is -0.618 e. The Morgan fingerprint density at radius 1 is 1.31 bits per heavy atom. The van der Waals surface area contributed by atoms with Crippen molar-refractivity contribution in [2.24, 2.45) is 11.8 Å². The largest absolute Gasteiger partial charge is 0.618 e. The molecule has 0 radical (unpaired) electrons. The van der Waals surface area contributed by atoms with Gasteiger partial charge < -0.3 is 5.21 Å². The molecule has 1 aromatic heterocycles. The topological polar surface area (TPSA) is 26.9 Å². The third kappa shape index (κ3) is 1.70. The molecule has 2 aliphatic carbocycles. The number of hydrogen-bond donors (Lipinski definition) is 0. The van der Waals surface area contributed by atoms with Crippen LogP contribution in [0, 0.1) is 17.0 Å². The monoisotopic (exact) mass is 255 g/mol. The normalized spacial score (nSPS) is 36.8. The Labute approximate surface area is 105 Å². The summed E-state index contributed by atoms with van der Waals surface area (Å²) in [4.78, 5) is 0. The fourth-order valence-corrected chi connectivity index (χ4v) is 4.95. The van der Waals surface area contributed by atoms with Crippen LogP contribution < -0.4 is 4.73 Å². The molecular weight excluding hydrogens is 242 g/mol. The fraction of sp³-hybridized carbons (Fsp3) is 0.583. The number of thioether (sulfide) groups is 1. The standard InChI is InChI=1S/C12H14ClNOS/c13-11-8-4-5-9(7-8)12(11)16-10-3-1-2-6-14(10)15/h1-3,6,8-9,11-12H,4-5,7H2/t8-,9-,11+,12+/m0/s1. The van der Waals surface area contributed by atoms with Gasteiger partial charge in [0.15, 0.2) is 6.20 Å². The lowest BCUT2D eigenvalue weighted by Crippen LogP contribution is -2.32. The van der Waals surface area contributed by atoms with E-state index in [4.69, 9.17) is 11.6 Å². The van der Waals surface area contributed by atoms with E-state index in [1.54, 1.807) is 24.0 Å². The quantitative estimate of drug-likeness (QED) is 0.462. The molecule has 0 amide bonds. The molecule has 0 N–H and O–H groups in total. The Bertz CT molecular complexity index is 398. The molecule has 0 aliphatic heterocycles. The summed E-state index contributed by atoms with van der Waals surface area (Å²) in [6.45, 7) is 0. The zero-order chi connectivity index (χ0) is 11.1. The lowest BCUT2D eigenvalue weighted by molar-refractivity contribution is -0.645. The average molecular weight is 256 g/mol. The van der Waals surface area contributed by atoms with Gasteiger partial charge in [0, 0.05) is 22.8 Å². The second-order valence-electron chi connectivity index (χ2n) is 4.72. The molecule has 0 saturated heterocycles. The second kappa shape index (κ2) is 4.11. The van der Waals surface area contributed by atoms with Crippen LogP contribution in [0.4, 0.5) is 0 Å². The maximum atomic E-state index is 11.6. The number of halogens is 1. The second-order valence-corrected chi connectivity index (χ2v) is 6.43. The molecule has 4 atom stereocenters. The number of nitrogens with zero attached hydrogens (tertiary/aromatic N) is 1. The van der Waals surface area contributed by atoms with Gasteiger partial charge in [-0.1, -0.05) is 11.8 Å².